The van der Waals surface area contributed by atoms with Crippen LogP contribution in [0.3, 0.4) is 0 Å². The lowest BCUT2D eigenvalue weighted by Gasteiger charge is -2.30. The molecule has 0 spiro atoms. The quantitative estimate of drug-likeness (QED) is 0.632. The van der Waals surface area contributed by atoms with Gasteiger partial charge in [-0.3, -0.25) is 0 Å². The number of aliphatic hydroxyl groups is 2. The molecule has 4 nitrogen and oxygen atoms in total. The van der Waals surface area contributed by atoms with E-state index in [-0.39, 0.29) is 18.3 Å². The highest BCUT2D eigenvalue weighted by Crippen LogP contribution is 2.20. The van der Waals surface area contributed by atoms with Crippen LogP contribution in [0, 0.1) is 0 Å². The predicted molar refractivity (Wildman–Crippen MR) is 63.4 cm³/mol. The summed E-state index contributed by atoms with van der Waals surface area (Å²) in [6, 6.07) is 0. The molecule has 0 aliphatic heterocycles. The molecule has 0 aliphatic rings. The molecule has 98 valence electrons. The van der Waals surface area contributed by atoms with Gasteiger partial charge >= 0.3 is 0 Å². The van der Waals surface area contributed by atoms with Crippen molar-refractivity contribution < 1.29 is 19.7 Å². The van der Waals surface area contributed by atoms with E-state index in [9.17, 15) is 5.11 Å². The van der Waals surface area contributed by atoms with Crippen LogP contribution in [-0.4, -0.2) is 48.3 Å². The number of hydrogen-bond acceptors (Lipinski definition) is 4. The molecule has 0 saturated heterocycles. The summed E-state index contributed by atoms with van der Waals surface area (Å²) in [5, 5.41) is 18.8. The predicted octanol–water partition coefficient (Wildman–Crippen LogP) is 1.34. The van der Waals surface area contributed by atoms with Crippen molar-refractivity contribution >= 4 is 0 Å². The van der Waals surface area contributed by atoms with Gasteiger partial charge in [-0.25, -0.2) is 0 Å². The molecule has 0 aliphatic carbocycles. The van der Waals surface area contributed by atoms with Gasteiger partial charge in [-0.1, -0.05) is 0 Å². The Morgan fingerprint density at radius 3 is 2.38 bits per heavy atom. The molecule has 0 aromatic carbocycles. The van der Waals surface area contributed by atoms with E-state index in [0.29, 0.717) is 25.9 Å². The fourth-order valence-corrected chi connectivity index (χ4v) is 1.61. The summed E-state index contributed by atoms with van der Waals surface area (Å²) in [6.45, 7) is 6.47. The molecule has 2 N–H and O–H groups in total. The Kier molecular flexibility index (Phi) is 7.93. The molecule has 0 heterocycles. The van der Waals surface area contributed by atoms with E-state index >= 15 is 0 Å². The molecule has 0 rings (SSSR count). The van der Waals surface area contributed by atoms with Crippen molar-refractivity contribution in [3.63, 3.8) is 0 Å². The highest BCUT2D eigenvalue weighted by Gasteiger charge is 2.27. The third-order valence-corrected chi connectivity index (χ3v) is 2.71. The smallest absolute Gasteiger partial charge is 0.0835 e. The van der Waals surface area contributed by atoms with Crippen molar-refractivity contribution in [2.24, 2.45) is 0 Å². The summed E-state index contributed by atoms with van der Waals surface area (Å²) in [5.41, 5.74) is -0.353. The highest BCUT2D eigenvalue weighted by molar-refractivity contribution is 4.78. The van der Waals surface area contributed by atoms with Gasteiger partial charge in [0.25, 0.3) is 0 Å². The van der Waals surface area contributed by atoms with Crippen LogP contribution in [0.4, 0.5) is 0 Å². The molecular formula is C12H26O4. The van der Waals surface area contributed by atoms with Gasteiger partial charge in [0.15, 0.2) is 0 Å². The minimum Gasteiger partial charge on any atom is -0.396 e. The molecule has 2 atom stereocenters. The maximum atomic E-state index is 10.0. The Labute approximate surface area is 98.6 Å². The van der Waals surface area contributed by atoms with Gasteiger partial charge in [0.1, 0.15) is 0 Å². The van der Waals surface area contributed by atoms with Gasteiger partial charge in [-0.05, 0) is 33.6 Å². The Morgan fingerprint density at radius 2 is 1.94 bits per heavy atom. The molecule has 0 bridgehead atoms. The van der Waals surface area contributed by atoms with Crippen LogP contribution in [0.5, 0.6) is 0 Å². The second-order valence-corrected chi connectivity index (χ2v) is 4.59. The minimum atomic E-state index is -0.554. The van der Waals surface area contributed by atoms with Crippen molar-refractivity contribution in [1.82, 2.24) is 0 Å². The summed E-state index contributed by atoms with van der Waals surface area (Å²) in [7, 11) is 1.64. The maximum absolute atomic E-state index is 10.0. The third-order valence-electron chi connectivity index (χ3n) is 2.71. The van der Waals surface area contributed by atoms with Crippen molar-refractivity contribution in [3.05, 3.63) is 0 Å². The Balaban J connectivity index is 4.19. The van der Waals surface area contributed by atoms with E-state index in [1.54, 1.807) is 7.11 Å². The van der Waals surface area contributed by atoms with Crippen LogP contribution >= 0.6 is 0 Å². The molecule has 2 unspecified atom stereocenters. The SMILES string of the molecule is CCOC(CCCO)C(O)CC(C)(C)OC. The first-order chi connectivity index (χ1) is 7.46. The van der Waals surface area contributed by atoms with Crippen molar-refractivity contribution in [3.8, 4) is 0 Å². The average molecular weight is 234 g/mol. The van der Waals surface area contributed by atoms with Gasteiger partial charge < -0.3 is 19.7 Å². The van der Waals surface area contributed by atoms with E-state index in [1.807, 2.05) is 20.8 Å². The molecule has 0 aromatic heterocycles. The number of rotatable bonds is 9. The number of methoxy groups -OCH3 is 1. The summed E-state index contributed by atoms with van der Waals surface area (Å²) in [4.78, 5) is 0. The van der Waals surface area contributed by atoms with Gasteiger partial charge in [0.05, 0.1) is 17.8 Å². The van der Waals surface area contributed by atoms with Crippen LogP contribution in [0.1, 0.15) is 40.0 Å². The molecule has 16 heavy (non-hydrogen) atoms. The number of hydrogen-bond donors (Lipinski definition) is 2. The van der Waals surface area contributed by atoms with Crippen molar-refractivity contribution in [1.29, 1.82) is 0 Å². The second-order valence-electron chi connectivity index (χ2n) is 4.59. The zero-order valence-electron chi connectivity index (χ0n) is 10.9. The van der Waals surface area contributed by atoms with E-state index in [4.69, 9.17) is 14.6 Å². The zero-order valence-corrected chi connectivity index (χ0v) is 10.9. The van der Waals surface area contributed by atoms with Crippen LogP contribution in [0.25, 0.3) is 0 Å². The number of aliphatic hydroxyl groups excluding tert-OH is 2. The summed E-state index contributed by atoms with van der Waals surface area (Å²) in [5.74, 6) is 0. The standard InChI is InChI=1S/C12H26O4/c1-5-16-11(7-6-8-13)10(14)9-12(2,3)15-4/h10-11,13-14H,5-9H2,1-4H3. The van der Waals surface area contributed by atoms with Crippen LogP contribution in [-0.2, 0) is 9.47 Å². The summed E-state index contributed by atoms with van der Waals surface area (Å²) < 4.78 is 10.8. The van der Waals surface area contributed by atoms with E-state index in [1.165, 1.54) is 0 Å². The zero-order chi connectivity index (χ0) is 12.6. The first-order valence-electron chi connectivity index (χ1n) is 5.92. The molecule has 0 amide bonds. The minimum absolute atomic E-state index is 0.129. The maximum Gasteiger partial charge on any atom is 0.0835 e. The fourth-order valence-electron chi connectivity index (χ4n) is 1.61. The largest absolute Gasteiger partial charge is 0.396 e. The molecule has 0 fully saturated rings. The van der Waals surface area contributed by atoms with E-state index in [0.717, 1.165) is 0 Å². The molecule has 0 radical (unpaired) electrons. The van der Waals surface area contributed by atoms with Gasteiger partial charge in [-0.15, -0.1) is 0 Å². The van der Waals surface area contributed by atoms with E-state index in [2.05, 4.69) is 0 Å². The average Bonchev–Trinajstić information content (AvgIpc) is 2.23. The van der Waals surface area contributed by atoms with Gasteiger partial charge in [0, 0.05) is 26.7 Å². The topological polar surface area (TPSA) is 58.9 Å². The Hall–Kier alpha value is -0.160. The van der Waals surface area contributed by atoms with Crippen LogP contribution < -0.4 is 0 Å². The van der Waals surface area contributed by atoms with Crippen LogP contribution in [0.2, 0.25) is 0 Å². The monoisotopic (exact) mass is 234 g/mol. The molecule has 4 heteroatoms. The molecular weight excluding hydrogens is 208 g/mol. The van der Waals surface area contributed by atoms with E-state index < -0.39 is 6.10 Å². The molecule has 0 aromatic rings. The van der Waals surface area contributed by atoms with Crippen LogP contribution in [0.15, 0.2) is 0 Å². The lowest BCUT2D eigenvalue weighted by Crippen LogP contribution is -2.37. The lowest BCUT2D eigenvalue weighted by atomic mass is 9.95. The normalized spacial score (nSPS) is 16.1. The van der Waals surface area contributed by atoms with Crippen molar-refractivity contribution in [2.75, 3.05) is 20.3 Å². The highest BCUT2D eigenvalue weighted by atomic mass is 16.5. The molecule has 0 saturated carbocycles. The third kappa shape index (κ3) is 6.43. The fraction of sp³-hybridized carbons (Fsp3) is 1.00. The Morgan fingerprint density at radius 1 is 1.31 bits per heavy atom. The number of ether oxygens (including phenoxy) is 2. The first-order valence-corrected chi connectivity index (χ1v) is 5.92. The summed E-state index contributed by atoms with van der Waals surface area (Å²) >= 11 is 0. The summed E-state index contributed by atoms with van der Waals surface area (Å²) in [6.07, 6.45) is 1.08. The van der Waals surface area contributed by atoms with Crippen molar-refractivity contribution in [2.45, 2.75) is 57.8 Å². The Bertz CT molecular complexity index is 170. The lowest BCUT2D eigenvalue weighted by molar-refractivity contribution is -0.0827. The second kappa shape index (κ2) is 8.01. The van der Waals surface area contributed by atoms with Gasteiger partial charge in [-0.2, -0.15) is 0 Å². The van der Waals surface area contributed by atoms with Gasteiger partial charge in [0.2, 0.25) is 0 Å². The first kappa shape index (κ1) is 15.8.